The average molecular weight is 220 g/mol. The summed E-state index contributed by atoms with van der Waals surface area (Å²) in [5.41, 5.74) is 0. The molecular weight excluding hydrogens is 200 g/mol. The molecule has 0 aliphatic rings. The quantitative estimate of drug-likeness (QED) is 0.575. The Labute approximate surface area is 87.8 Å². The van der Waals surface area contributed by atoms with Gasteiger partial charge in [-0.1, -0.05) is 24.3 Å². The minimum absolute atomic E-state index is 0.226. The van der Waals surface area contributed by atoms with E-state index in [1.807, 2.05) is 26.0 Å². The molecule has 3 heteroatoms. The van der Waals surface area contributed by atoms with Crippen molar-refractivity contribution in [2.24, 2.45) is 0 Å². The SMILES string of the molecule is CC=CC(C=CC)(SO)S(C)(C)C. The van der Waals surface area contributed by atoms with Crippen LogP contribution in [0, 0.1) is 0 Å². The molecule has 0 saturated carbocycles. The summed E-state index contributed by atoms with van der Waals surface area (Å²) in [5.74, 6) is 0. The Balaban J connectivity index is 5.10. The summed E-state index contributed by atoms with van der Waals surface area (Å²) in [4.78, 5) is 0. The van der Waals surface area contributed by atoms with Crippen LogP contribution in [0.3, 0.4) is 0 Å². The summed E-state index contributed by atoms with van der Waals surface area (Å²) in [7, 11) is -0.862. The third-order valence-corrected chi connectivity index (χ3v) is 6.37. The summed E-state index contributed by atoms with van der Waals surface area (Å²) >= 11 is 0.937. The molecule has 1 nitrogen and oxygen atoms in total. The van der Waals surface area contributed by atoms with Crippen LogP contribution in [0.2, 0.25) is 0 Å². The monoisotopic (exact) mass is 220 g/mol. The van der Waals surface area contributed by atoms with E-state index in [1.54, 1.807) is 0 Å². The number of allylic oxidation sites excluding steroid dienone is 2. The van der Waals surface area contributed by atoms with Crippen molar-refractivity contribution in [2.45, 2.75) is 17.9 Å². The van der Waals surface area contributed by atoms with E-state index in [2.05, 4.69) is 30.9 Å². The van der Waals surface area contributed by atoms with E-state index in [1.165, 1.54) is 0 Å². The highest BCUT2D eigenvalue weighted by Crippen LogP contribution is 2.57. The molecule has 0 atom stereocenters. The Kier molecular flexibility index (Phi) is 5.18. The fourth-order valence-electron chi connectivity index (χ4n) is 1.10. The minimum Gasteiger partial charge on any atom is -0.328 e. The van der Waals surface area contributed by atoms with E-state index in [4.69, 9.17) is 0 Å². The fourth-order valence-corrected chi connectivity index (χ4v) is 3.48. The topological polar surface area (TPSA) is 20.2 Å². The van der Waals surface area contributed by atoms with E-state index in [0.29, 0.717) is 0 Å². The van der Waals surface area contributed by atoms with Crippen molar-refractivity contribution < 1.29 is 4.55 Å². The molecule has 0 spiro atoms. The van der Waals surface area contributed by atoms with Crippen molar-refractivity contribution in [1.82, 2.24) is 0 Å². The number of rotatable bonds is 4. The van der Waals surface area contributed by atoms with Crippen LogP contribution in [-0.2, 0) is 0 Å². The van der Waals surface area contributed by atoms with Crippen LogP contribution < -0.4 is 0 Å². The standard InChI is InChI=1S/C10H20OS2/c1-6-8-10(12-11,9-7-2)13(3,4)5/h6-9,11H,1-5H3. The van der Waals surface area contributed by atoms with Crippen LogP contribution in [0.4, 0.5) is 0 Å². The fraction of sp³-hybridized carbons (Fsp3) is 0.600. The molecule has 0 aliphatic heterocycles. The Hall–Kier alpha value is 0.140. The highest BCUT2D eigenvalue weighted by molar-refractivity contribution is 8.39. The van der Waals surface area contributed by atoms with Gasteiger partial charge >= 0.3 is 0 Å². The van der Waals surface area contributed by atoms with Crippen molar-refractivity contribution in [1.29, 1.82) is 0 Å². The maximum atomic E-state index is 9.41. The van der Waals surface area contributed by atoms with Crippen molar-refractivity contribution in [2.75, 3.05) is 18.8 Å². The lowest BCUT2D eigenvalue weighted by Crippen LogP contribution is -2.25. The molecule has 0 bridgehead atoms. The average Bonchev–Trinajstić information content (AvgIpc) is 2.02. The van der Waals surface area contributed by atoms with E-state index in [-0.39, 0.29) is 4.08 Å². The van der Waals surface area contributed by atoms with Gasteiger partial charge in [-0.05, 0) is 32.6 Å². The molecule has 0 radical (unpaired) electrons. The molecule has 0 unspecified atom stereocenters. The third-order valence-electron chi connectivity index (χ3n) is 1.90. The Morgan fingerprint density at radius 1 is 1.08 bits per heavy atom. The number of hydrogen-bond donors (Lipinski definition) is 1. The maximum Gasteiger partial charge on any atom is 0.108 e. The molecule has 13 heavy (non-hydrogen) atoms. The first-order chi connectivity index (χ1) is 5.93. The molecule has 0 heterocycles. The van der Waals surface area contributed by atoms with Gasteiger partial charge in [-0.3, -0.25) is 0 Å². The lowest BCUT2D eigenvalue weighted by atomic mass is 10.3. The van der Waals surface area contributed by atoms with Crippen LogP contribution in [0.5, 0.6) is 0 Å². The van der Waals surface area contributed by atoms with Crippen molar-refractivity contribution in [3.05, 3.63) is 24.3 Å². The predicted octanol–water partition coefficient (Wildman–Crippen LogP) is 3.74. The van der Waals surface area contributed by atoms with Crippen LogP contribution in [0.15, 0.2) is 24.3 Å². The smallest absolute Gasteiger partial charge is 0.108 e. The zero-order chi connectivity index (χ0) is 10.5. The highest BCUT2D eigenvalue weighted by atomic mass is 32.3. The molecule has 0 aromatic carbocycles. The number of hydrogen-bond acceptors (Lipinski definition) is 2. The van der Waals surface area contributed by atoms with Gasteiger partial charge in [0.25, 0.3) is 0 Å². The van der Waals surface area contributed by atoms with Gasteiger partial charge in [-0.15, -0.1) is 0 Å². The molecule has 0 saturated heterocycles. The summed E-state index contributed by atoms with van der Waals surface area (Å²) in [6.45, 7) is 3.97. The Morgan fingerprint density at radius 3 is 1.62 bits per heavy atom. The van der Waals surface area contributed by atoms with Gasteiger partial charge in [0.15, 0.2) is 0 Å². The van der Waals surface area contributed by atoms with E-state index < -0.39 is 10.0 Å². The zero-order valence-corrected chi connectivity index (χ0v) is 10.7. The second-order valence-electron chi connectivity index (χ2n) is 3.65. The summed E-state index contributed by atoms with van der Waals surface area (Å²) in [6, 6.07) is 0. The molecule has 78 valence electrons. The molecule has 0 amide bonds. The van der Waals surface area contributed by atoms with Gasteiger partial charge < -0.3 is 4.55 Å². The minimum atomic E-state index is -0.862. The lowest BCUT2D eigenvalue weighted by molar-refractivity contribution is 0.659. The first-order valence-electron chi connectivity index (χ1n) is 4.21. The van der Waals surface area contributed by atoms with Gasteiger partial charge in [0.05, 0.1) is 0 Å². The van der Waals surface area contributed by atoms with Gasteiger partial charge in [0, 0.05) is 12.0 Å². The van der Waals surface area contributed by atoms with Gasteiger partial charge in [-0.2, -0.15) is 0 Å². The molecule has 0 aliphatic carbocycles. The molecule has 0 aromatic heterocycles. The molecule has 0 rings (SSSR count). The van der Waals surface area contributed by atoms with E-state index in [0.717, 1.165) is 12.0 Å². The summed E-state index contributed by atoms with van der Waals surface area (Å²) in [5, 5.41) is 0. The van der Waals surface area contributed by atoms with Gasteiger partial charge in [-0.25, -0.2) is 10.0 Å². The van der Waals surface area contributed by atoms with Crippen LogP contribution in [0.1, 0.15) is 13.8 Å². The van der Waals surface area contributed by atoms with Crippen LogP contribution in [0.25, 0.3) is 0 Å². The Morgan fingerprint density at radius 2 is 1.46 bits per heavy atom. The highest BCUT2D eigenvalue weighted by Gasteiger charge is 2.34. The second-order valence-corrected chi connectivity index (χ2v) is 9.12. The van der Waals surface area contributed by atoms with Crippen molar-refractivity contribution >= 4 is 22.1 Å². The molecular formula is C10H20OS2. The first-order valence-corrected chi connectivity index (χ1v) is 7.85. The van der Waals surface area contributed by atoms with Gasteiger partial charge in [0.2, 0.25) is 0 Å². The predicted molar refractivity (Wildman–Crippen MR) is 67.9 cm³/mol. The lowest BCUT2D eigenvalue weighted by Gasteiger charge is -2.42. The second kappa shape index (κ2) is 5.13. The third kappa shape index (κ3) is 3.08. The van der Waals surface area contributed by atoms with Gasteiger partial charge in [0.1, 0.15) is 4.08 Å². The zero-order valence-electron chi connectivity index (χ0n) is 9.07. The van der Waals surface area contributed by atoms with Crippen LogP contribution >= 0.6 is 22.1 Å². The summed E-state index contributed by atoms with van der Waals surface area (Å²) < 4.78 is 9.18. The summed E-state index contributed by atoms with van der Waals surface area (Å²) in [6.07, 6.45) is 14.8. The first kappa shape index (κ1) is 13.1. The van der Waals surface area contributed by atoms with E-state index in [9.17, 15) is 4.55 Å². The van der Waals surface area contributed by atoms with Crippen molar-refractivity contribution in [3.8, 4) is 0 Å². The largest absolute Gasteiger partial charge is 0.328 e. The maximum absolute atomic E-state index is 9.41. The van der Waals surface area contributed by atoms with Crippen LogP contribution in [-0.4, -0.2) is 27.4 Å². The molecule has 0 aromatic rings. The molecule has 0 fully saturated rings. The Bertz CT molecular complexity index is 189. The van der Waals surface area contributed by atoms with Crippen molar-refractivity contribution in [3.63, 3.8) is 0 Å². The molecule has 1 N–H and O–H groups in total. The van der Waals surface area contributed by atoms with E-state index >= 15 is 0 Å². The normalized spacial score (nSPS) is 19.5.